The number of hydrogen-bond acceptors (Lipinski definition) is 5. The Labute approximate surface area is 134 Å². The highest BCUT2D eigenvalue weighted by molar-refractivity contribution is 8.13. The molecule has 0 radical (unpaired) electrons. The van der Waals surface area contributed by atoms with E-state index in [1.807, 2.05) is 0 Å². The van der Waals surface area contributed by atoms with Gasteiger partial charge in [-0.3, -0.25) is 4.79 Å². The first-order valence-corrected chi connectivity index (χ1v) is 9.32. The van der Waals surface area contributed by atoms with Gasteiger partial charge in [-0.05, 0) is 24.3 Å². The fraction of sp³-hybridized carbons (Fsp3) is 0.500. The molecule has 0 bridgehead atoms. The Morgan fingerprint density at radius 1 is 1.27 bits per heavy atom. The topological polar surface area (TPSA) is 72.9 Å². The van der Waals surface area contributed by atoms with E-state index in [-0.39, 0.29) is 24.0 Å². The lowest BCUT2D eigenvalue weighted by molar-refractivity contribution is -0.128. The minimum Gasteiger partial charge on any atom is -0.497 e. The molecule has 1 aliphatic heterocycles. The van der Waals surface area contributed by atoms with Gasteiger partial charge in [0.05, 0.1) is 19.4 Å². The van der Waals surface area contributed by atoms with E-state index < -0.39 is 9.05 Å². The summed E-state index contributed by atoms with van der Waals surface area (Å²) in [5, 5.41) is 0. The molecule has 0 saturated carbocycles. The molecule has 0 N–H and O–H groups in total. The summed E-state index contributed by atoms with van der Waals surface area (Å²) in [4.78, 5) is 13.4. The van der Waals surface area contributed by atoms with Crippen LogP contribution in [-0.2, 0) is 13.8 Å². The van der Waals surface area contributed by atoms with E-state index >= 15 is 0 Å². The van der Waals surface area contributed by atoms with E-state index in [9.17, 15) is 13.2 Å². The number of ether oxygens (including phenoxy) is 2. The van der Waals surface area contributed by atoms with Crippen molar-refractivity contribution in [2.24, 2.45) is 5.92 Å². The van der Waals surface area contributed by atoms with Gasteiger partial charge in [0, 0.05) is 29.6 Å². The predicted octanol–water partition coefficient (Wildman–Crippen LogP) is 1.49. The number of nitrogens with zero attached hydrogens (tertiary/aromatic N) is 1. The molecule has 2 rings (SSSR count). The summed E-state index contributed by atoms with van der Waals surface area (Å²) >= 11 is 0. The maximum atomic E-state index is 11.8. The third-order valence-electron chi connectivity index (χ3n) is 3.42. The SMILES string of the molecule is COc1ccc(OCCN2CC(CS(=O)(=O)Cl)CC2=O)cc1. The van der Waals surface area contributed by atoms with E-state index in [4.69, 9.17) is 20.2 Å². The largest absolute Gasteiger partial charge is 0.497 e. The number of benzene rings is 1. The zero-order valence-corrected chi connectivity index (χ0v) is 13.8. The second kappa shape index (κ2) is 7.19. The molecular weight excluding hydrogens is 330 g/mol. The molecule has 1 unspecified atom stereocenters. The summed E-state index contributed by atoms with van der Waals surface area (Å²) in [5.74, 6) is 0.954. The molecular formula is C14H18ClNO5S. The molecule has 1 atom stereocenters. The Kier molecular flexibility index (Phi) is 5.52. The van der Waals surface area contributed by atoms with Gasteiger partial charge in [0.1, 0.15) is 18.1 Å². The minimum atomic E-state index is -3.57. The first-order chi connectivity index (χ1) is 10.4. The van der Waals surface area contributed by atoms with Crippen molar-refractivity contribution in [2.75, 3.05) is 32.6 Å². The summed E-state index contributed by atoms with van der Waals surface area (Å²) in [5.41, 5.74) is 0. The van der Waals surface area contributed by atoms with Crippen LogP contribution in [0, 0.1) is 5.92 Å². The number of likely N-dealkylation sites (tertiary alicyclic amines) is 1. The van der Waals surface area contributed by atoms with Gasteiger partial charge in [-0.25, -0.2) is 8.42 Å². The fourth-order valence-electron chi connectivity index (χ4n) is 2.41. The Balaban J connectivity index is 1.78. The molecule has 122 valence electrons. The molecule has 6 nitrogen and oxygen atoms in total. The van der Waals surface area contributed by atoms with Crippen molar-refractivity contribution >= 4 is 25.6 Å². The highest BCUT2D eigenvalue weighted by Gasteiger charge is 2.31. The van der Waals surface area contributed by atoms with E-state index in [1.165, 1.54) is 0 Å². The lowest BCUT2D eigenvalue weighted by atomic mass is 10.1. The maximum absolute atomic E-state index is 11.8. The zero-order chi connectivity index (χ0) is 16.2. The Hall–Kier alpha value is -1.47. The van der Waals surface area contributed by atoms with Gasteiger partial charge in [-0.1, -0.05) is 0 Å². The molecule has 8 heteroatoms. The van der Waals surface area contributed by atoms with Crippen LogP contribution in [0.3, 0.4) is 0 Å². The van der Waals surface area contributed by atoms with Crippen molar-refractivity contribution in [1.82, 2.24) is 4.90 Å². The number of amides is 1. The normalized spacial score (nSPS) is 18.5. The highest BCUT2D eigenvalue weighted by Crippen LogP contribution is 2.21. The van der Waals surface area contributed by atoms with Crippen LogP contribution in [0.5, 0.6) is 11.5 Å². The lowest BCUT2D eigenvalue weighted by Crippen LogP contribution is -2.30. The van der Waals surface area contributed by atoms with Gasteiger partial charge >= 0.3 is 0 Å². The van der Waals surface area contributed by atoms with Gasteiger partial charge in [-0.15, -0.1) is 0 Å². The predicted molar refractivity (Wildman–Crippen MR) is 82.8 cm³/mol. The Morgan fingerprint density at radius 3 is 2.50 bits per heavy atom. The molecule has 22 heavy (non-hydrogen) atoms. The van der Waals surface area contributed by atoms with Gasteiger partial charge in [0.15, 0.2) is 0 Å². The first-order valence-electron chi connectivity index (χ1n) is 6.84. The summed E-state index contributed by atoms with van der Waals surface area (Å²) in [6.07, 6.45) is 0.217. The van der Waals surface area contributed by atoms with Crippen LogP contribution in [0.15, 0.2) is 24.3 Å². The second-order valence-corrected chi connectivity index (χ2v) is 7.96. The maximum Gasteiger partial charge on any atom is 0.232 e. The van der Waals surface area contributed by atoms with Crippen LogP contribution in [-0.4, -0.2) is 51.8 Å². The monoisotopic (exact) mass is 347 g/mol. The van der Waals surface area contributed by atoms with Crippen LogP contribution in [0.25, 0.3) is 0 Å². The Morgan fingerprint density at radius 2 is 1.91 bits per heavy atom. The van der Waals surface area contributed by atoms with E-state index in [0.29, 0.717) is 25.4 Å². The number of halogens is 1. The van der Waals surface area contributed by atoms with E-state index in [0.717, 1.165) is 5.75 Å². The zero-order valence-electron chi connectivity index (χ0n) is 12.2. The lowest BCUT2D eigenvalue weighted by Gasteiger charge is -2.16. The average molecular weight is 348 g/mol. The van der Waals surface area contributed by atoms with Crippen molar-refractivity contribution in [3.05, 3.63) is 24.3 Å². The molecule has 1 saturated heterocycles. The number of carbonyl (C=O) groups is 1. The van der Waals surface area contributed by atoms with Crippen LogP contribution in [0.2, 0.25) is 0 Å². The number of carbonyl (C=O) groups excluding carboxylic acids is 1. The minimum absolute atomic E-state index is 0.0661. The van der Waals surface area contributed by atoms with Gasteiger partial charge in [0.25, 0.3) is 0 Å². The van der Waals surface area contributed by atoms with E-state index in [1.54, 1.807) is 36.3 Å². The van der Waals surface area contributed by atoms with Crippen molar-refractivity contribution in [3.8, 4) is 11.5 Å². The fourth-order valence-corrected chi connectivity index (χ4v) is 3.73. The number of rotatable bonds is 7. The number of methoxy groups -OCH3 is 1. The van der Waals surface area contributed by atoms with E-state index in [2.05, 4.69) is 0 Å². The van der Waals surface area contributed by atoms with Crippen molar-refractivity contribution in [3.63, 3.8) is 0 Å². The number of hydrogen-bond donors (Lipinski definition) is 0. The Bertz CT molecular complexity index is 617. The summed E-state index contributed by atoms with van der Waals surface area (Å²) < 4.78 is 32.7. The summed E-state index contributed by atoms with van der Waals surface area (Å²) in [6, 6.07) is 7.15. The smallest absolute Gasteiger partial charge is 0.232 e. The molecule has 0 spiro atoms. The molecule has 1 amide bonds. The van der Waals surface area contributed by atoms with Gasteiger partial charge in [-0.2, -0.15) is 0 Å². The van der Waals surface area contributed by atoms with Crippen LogP contribution < -0.4 is 9.47 Å². The van der Waals surface area contributed by atoms with Crippen LogP contribution >= 0.6 is 10.7 Å². The second-order valence-electron chi connectivity index (χ2n) is 5.14. The van der Waals surface area contributed by atoms with Crippen LogP contribution in [0.1, 0.15) is 6.42 Å². The summed E-state index contributed by atoms with van der Waals surface area (Å²) in [7, 11) is 3.24. The van der Waals surface area contributed by atoms with Crippen LogP contribution in [0.4, 0.5) is 0 Å². The molecule has 0 aliphatic carbocycles. The third-order valence-corrected chi connectivity index (χ3v) is 4.67. The average Bonchev–Trinajstić information content (AvgIpc) is 2.77. The molecule has 1 aromatic rings. The highest BCUT2D eigenvalue weighted by atomic mass is 35.7. The molecule has 1 aliphatic rings. The summed E-state index contributed by atoms with van der Waals surface area (Å²) in [6.45, 7) is 1.17. The standard InChI is InChI=1S/C14H18ClNO5S/c1-20-12-2-4-13(5-3-12)21-7-6-16-9-11(8-14(16)17)10-22(15,18)19/h2-5,11H,6-10H2,1H3. The third kappa shape index (κ3) is 5.06. The van der Waals surface area contributed by atoms with Gasteiger partial charge in [0.2, 0.25) is 15.0 Å². The molecule has 1 aromatic carbocycles. The first kappa shape index (κ1) is 16.9. The molecule has 1 fully saturated rings. The van der Waals surface area contributed by atoms with Gasteiger partial charge < -0.3 is 14.4 Å². The van der Waals surface area contributed by atoms with Crippen molar-refractivity contribution in [1.29, 1.82) is 0 Å². The quantitative estimate of drug-likeness (QED) is 0.699. The van der Waals surface area contributed by atoms with Crippen molar-refractivity contribution < 1.29 is 22.7 Å². The molecule has 0 aromatic heterocycles. The van der Waals surface area contributed by atoms with Crippen molar-refractivity contribution in [2.45, 2.75) is 6.42 Å². The molecule has 1 heterocycles.